The van der Waals surface area contributed by atoms with Gasteiger partial charge in [-0.1, -0.05) is 23.7 Å². The molecule has 0 aliphatic carbocycles. The third-order valence-electron chi connectivity index (χ3n) is 2.31. The number of hydrogen-bond acceptors (Lipinski definition) is 3. The Morgan fingerprint density at radius 1 is 1.35 bits per heavy atom. The van der Waals surface area contributed by atoms with E-state index in [0.29, 0.717) is 0 Å². The van der Waals surface area contributed by atoms with E-state index in [4.69, 9.17) is 21.5 Å². The molecule has 17 heavy (non-hydrogen) atoms. The first-order valence-electron chi connectivity index (χ1n) is 5.51. The number of rotatable bonds is 1. The second kappa shape index (κ2) is 7.14. The summed E-state index contributed by atoms with van der Waals surface area (Å²) in [5, 5.41) is 11.6. The number of carboxylic acid groups (broad SMARTS) is 1. The number of benzene rings is 1. The zero-order valence-electron chi connectivity index (χ0n) is 9.82. The molecule has 1 aromatic rings. The van der Waals surface area contributed by atoms with Crippen LogP contribution in [0.3, 0.4) is 0 Å². The van der Waals surface area contributed by atoms with Crippen LogP contribution in [0.4, 0.5) is 5.69 Å². The Morgan fingerprint density at radius 3 is 2.41 bits per heavy atom. The van der Waals surface area contributed by atoms with Crippen LogP contribution in [0.1, 0.15) is 6.92 Å². The molecule has 0 amide bonds. The SMILES string of the molecule is CC(=O)O.Clc1ccccc1N1CCNCC1. The quantitative estimate of drug-likeness (QED) is 0.805. The van der Waals surface area contributed by atoms with Gasteiger partial charge in [0, 0.05) is 33.1 Å². The molecule has 4 nitrogen and oxygen atoms in total. The minimum Gasteiger partial charge on any atom is -0.481 e. The van der Waals surface area contributed by atoms with Gasteiger partial charge in [-0.15, -0.1) is 0 Å². The van der Waals surface area contributed by atoms with Gasteiger partial charge in [0.15, 0.2) is 0 Å². The van der Waals surface area contributed by atoms with Crippen LogP contribution < -0.4 is 10.2 Å². The Kier molecular flexibility index (Phi) is 5.80. The molecule has 1 aliphatic rings. The summed E-state index contributed by atoms with van der Waals surface area (Å²) in [5.41, 5.74) is 1.16. The highest BCUT2D eigenvalue weighted by Crippen LogP contribution is 2.24. The monoisotopic (exact) mass is 256 g/mol. The van der Waals surface area contributed by atoms with E-state index in [1.807, 2.05) is 18.2 Å². The van der Waals surface area contributed by atoms with Gasteiger partial charge in [0.05, 0.1) is 10.7 Å². The highest BCUT2D eigenvalue weighted by molar-refractivity contribution is 6.33. The lowest BCUT2D eigenvalue weighted by Crippen LogP contribution is -2.43. The van der Waals surface area contributed by atoms with Gasteiger partial charge in [0.1, 0.15) is 0 Å². The van der Waals surface area contributed by atoms with Crippen molar-refractivity contribution in [1.29, 1.82) is 0 Å². The number of hydrogen-bond donors (Lipinski definition) is 2. The maximum atomic E-state index is 9.00. The average Bonchev–Trinajstić information content (AvgIpc) is 2.30. The Labute approximate surface area is 106 Å². The summed E-state index contributed by atoms with van der Waals surface area (Å²) < 4.78 is 0. The fourth-order valence-electron chi connectivity index (χ4n) is 1.61. The maximum absolute atomic E-state index is 9.00. The fraction of sp³-hybridized carbons (Fsp3) is 0.417. The second-order valence-electron chi connectivity index (χ2n) is 3.71. The Hall–Kier alpha value is -1.26. The summed E-state index contributed by atoms with van der Waals surface area (Å²) in [6.07, 6.45) is 0. The molecule has 1 fully saturated rings. The maximum Gasteiger partial charge on any atom is 0.300 e. The van der Waals surface area contributed by atoms with Gasteiger partial charge >= 0.3 is 0 Å². The zero-order valence-corrected chi connectivity index (χ0v) is 10.6. The third kappa shape index (κ3) is 5.06. The molecule has 0 radical (unpaired) electrons. The summed E-state index contributed by atoms with van der Waals surface area (Å²) in [6.45, 7) is 5.27. The van der Waals surface area contributed by atoms with Crippen molar-refractivity contribution in [2.45, 2.75) is 6.92 Å². The molecular weight excluding hydrogens is 240 g/mol. The largest absolute Gasteiger partial charge is 0.481 e. The van der Waals surface area contributed by atoms with Crippen LogP contribution in [0.15, 0.2) is 24.3 Å². The molecule has 0 spiro atoms. The van der Waals surface area contributed by atoms with Crippen molar-refractivity contribution in [3.05, 3.63) is 29.3 Å². The highest BCUT2D eigenvalue weighted by Gasteiger charge is 2.11. The molecule has 0 bridgehead atoms. The lowest BCUT2D eigenvalue weighted by Gasteiger charge is -2.30. The van der Waals surface area contributed by atoms with Crippen LogP contribution in [-0.4, -0.2) is 37.3 Å². The van der Waals surface area contributed by atoms with Crippen LogP contribution in [0.25, 0.3) is 0 Å². The van der Waals surface area contributed by atoms with Crippen molar-refractivity contribution in [1.82, 2.24) is 5.32 Å². The number of halogens is 1. The third-order valence-corrected chi connectivity index (χ3v) is 2.63. The van der Waals surface area contributed by atoms with Crippen molar-refractivity contribution < 1.29 is 9.90 Å². The number of aliphatic carboxylic acids is 1. The van der Waals surface area contributed by atoms with Crippen LogP contribution in [0, 0.1) is 0 Å². The molecule has 5 heteroatoms. The first-order valence-corrected chi connectivity index (χ1v) is 5.89. The van der Waals surface area contributed by atoms with Crippen molar-refractivity contribution in [3.8, 4) is 0 Å². The molecule has 1 heterocycles. The molecule has 0 saturated carbocycles. The molecule has 2 N–H and O–H groups in total. The smallest absolute Gasteiger partial charge is 0.300 e. The highest BCUT2D eigenvalue weighted by atomic mass is 35.5. The molecule has 1 aliphatic heterocycles. The standard InChI is InChI=1S/C10H13ClN2.C2H4O2/c11-9-3-1-2-4-10(9)13-7-5-12-6-8-13;1-2(3)4/h1-4,12H,5-8H2;1H3,(H,3,4). The van der Waals surface area contributed by atoms with E-state index in [9.17, 15) is 0 Å². The average molecular weight is 257 g/mol. The van der Waals surface area contributed by atoms with Gasteiger partial charge in [-0.25, -0.2) is 0 Å². The molecule has 0 unspecified atom stereocenters. The van der Waals surface area contributed by atoms with Gasteiger partial charge < -0.3 is 15.3 Å². The number of anilines is 1. The predicted molar refractivity (Wildman–Crippen MR) is 69.8 cm³/mol. The molecule has 1 aromatic carbocycles. The van der Waals surface area contributed by atoms with E-state index in [-0.39, 0.29) is 0 Å². The van der Waals surface area contributed by atoms with E-state index in [1.165, 1.54) is 0 Å². The van der Waals surface area contributed by atoms with Crippen molar-refractivity contribution in [2.24, 2.45) is 0 Å². The number of carboxylic acids is 1. The molecule has 94 valence electrons. The van der Waals surface area contributed by atoms with Crippen LogP contribution in [0.5, 0.6) is 0 Å². The number of piperazine rings is 1. The van der Waals surface area contributed by atoms with Crippen molar-refractivity contribution in [3.63, 3.8) is 0 Å². The van der Waals surface area contributed by atoms with Gasteiger partial charge in [0.2, 0.25) is 0 Å². The number of carbonyl (C=O) groups is 1. The summed E-state index contributed by atoms with van der Waals surface area (Å²) in [4.78, 5) is 11.3. The second-order valence-corrected chi connectivity index (χ2v) is 4.11. The van der Waals surface area contributed by atoms with Crippen LogP contribution in [-0.2, 0) is 4.79 Å². The van der Waals surface area contributed by atoms with E-state index < -0.39 is 5.97 Å². The molecule has 1 saturated heterocycles. The topological polar surface area (TPSA) is 52.6 Å². The number of nitrogens with one attached hydrogen (secondary N) is 1. The summed E-state index contributed by atoms with van der Waals surface area (Å²) >= 11 is 6.10. The van der Waals surface area contributed by atoms with Gasteiger partial charge in [0.25, 0.3) is 5.97 Å². The Balaban J connectivity index is 0.000000317. The number of nitrogens with zero attached hydrogens (tertiary/aromatic N) is 1. The van der Waals surface area contributed by atoms with E-state index in [2.05, 4.69) is 16.3 Å². The molecule has 0 atom stereocenters. The fourth-order valence-corrected chi connectivity index (χ4v) is 1.87. The zero-order chi connectivity index (χ0) is 12.7. The first kappa shape index (κ1) is 13.8. The lowest BCUT2D eigenvalue weighted by atomic mass is 10.2. The number of para-hydroxylation sites is 1. The summed E-state index contributed by atoms with van der Waals surface area (Å²) in [7, 11) is 0. The minimum atomic E-state index is -0.833. The normalized spacial score (nSPS) is 14.8. The van der Waals surface area contributed by atoms with Crippen molar-refractivity contribution >= 4 is 23.3 Å². The van der Waals surface area contributed by atoms with E-state index in [1.54, 1.807) is 0 Å². The van der Waals surface area contributed by atoms with Gasteiger partial charge in [-0.05, 0) is 12.1 Å². The van der Waals surface area contributed by atoms with Crippen LogP contribution in [0.2, 0.25) is 5.02 Å². The lowest BCUT2D eigenvalue weighted by molar-refractivity contribution is -0.134. The van der Waals surface area contributed by atoms with Crippen molar-refractivity contribution in [2.75, 3.05) is 31.1 Å². The molecule has 0 aromatic heterocycles. The van der Waals surface area contributed by atoms with E-state index >= 15 is 0 Å². The van der Waals surface area contributed by atoms with Crippen LogP contribution >= 0.6 is 11.6 Å². The summed E-state index contributed by atoms with van der Waals surface area (Å²) in [6, 6.07) is 8.02. The minimum absolute atomic E-state index is 0.833. The molecule has 2 rings (SSSR count). The predicted octanol–water partition coefficient (Wildman–Crippen LogP) is 1.84. The van der Waals surface area contributed by atoms with Gasteiger partial charge in [-0.3, -0.25) is 4.79 Å². The Morgan fingerprint density at radius 2 is 1.88 bits per heavy atom. The summed E-state index contributed by atoms with van der Waals surface area (Å²) in [5.74, 6) is -0.833. The van der Waals surface area contributed by atoms with Gasteiger partial charge in [-0.2, -0.15) is 0 Å². The van der Waals surface area contributed by atoms with E-state index in [0.717, 1.165) is 43.8 Å². The Bertz CT molecular complexity index is 361. The molecular formula is C12H17ClN2O2. The first-order chi connectivity index (χ1) is 8.11.